The number of rotatable bonds is 8. The van der Waals surface area contributed by atoms with Crippen molar-refractivity contribution in [1.29, 1.82) is 0 Å². The molecule has 0 radical (unpaired) electrons. The molecule has 4 saturated carbocycles. The number of esters is 2. The first kappa shape index (κ1) is 38.7. The molecular formula is C42H67NO7Si. The van der Waals surface area contributed by atoms with Crippen molar-refractivity contribution >= 4 is 31.8 Å². The van der Waals surface area contributed by atoms with Gasteiger partial charge in [0.05, 0.1) is 30.0 Å². The third kappa shape index (κ3) is 5.92. The van der Waals surface area contributed by atoms with Gasteiger partial charge in [-0.1, -0.05) is 52.9 Å². The van der Waals surface area contributed by atoms with Gasteiger partial charge in [-0.05, 0) is 137 Å². The van der Waals surface area contributed by atoms with Gasteiger partial charge in [0.25, 0.3) is 0 Å². The molecule has 0 amide bonds. The third-order valence-electron chi connectivity index (χ3n) is 16.5. The molecule has 5 fully saturated rings. The van der Waals surface area contributed by atoms with Crippen LogP contribution in [0.15, 0.2) is 11.6 Å². The number of nitrogens with zero attached hydrogens (tertiary/aromatic N) is 1. The van der Waals surface area contributed by atoms with Crippen molar-refractivity contribution in [3.05, 3.63) is 11.6 Å². The zero-order valence-electron chi connectivity index (χ0n) is 33.4. The minimum Gasteiger partial charge on any atom is -0.481 e. The smallest absolute Gasteiger partial charge is 0.311 e. The van der Waals surface area contributed by atoms with E-state index < -0.39 is 30.3 Å². The molecule has 0 aromatic rings. The highest BCUT2D eigenvalue weighted by Gasteiger charge is 2.72. The van der Waals surface area contributed by atoms with Crippen LogP contribution in [0, 0.1) is 56.2 Å². The van der Waals surface area contributed by atoms with Gasteiger partial charge in [0, 0.05) is 26.6 Å². The molecule has 8 nitrogen and oxygen atoms in total. The highest BCUT2D eigenvalue weighted by molar-refractivity contribution is 6.76. The molecule has 11 atom stereocenters. The molecule has 6 rings (SSSR count). The van der Waals surface area contributed by atoms with Gasteiger partial charge in [-0.3, -0.25) is 24.1 Å². The minimum atomic E-state index is -1.33. The number of aliphatic carboxylic acids is 1. The Morgan fingerprint density at radius 3 is 2.25 bits per heavy atom. The second kappa shape index (κ2) is 12.8. The van der Waals surface area contributed by atoms with E-state index in [1.807, 2.05) is 19.9 Å². The molecule has 0 aromatic heterocycles. The number of ether oxygens (including phenoxy) is 2. The summed E-state index contributed by atoms with van der Waals surface area (Å²) in [6.45, 7) is 24.2. The van der Waals surface area contributed by atoms with Crippen molar-refractivity contribution in [2.24, 2.45) is 56.2 Å². The average molecular weight is 726 g/mol. The minimum absolute atomic E-state index is 0.0329. The Kier molecular flexibility index (Phi) is 9.72. The summed E-state index contributed by atoms with van der Waals surface area (Å²) in [4.78, 5) is 57.1. The summed E-state index contributed by atoms with van der Waals surface area (Å²) < 4.78 is 11.3. The molecule has 9 heteroatoms. The monoisotopic (exact) mass is 725 g/mol. The average Bonchev–Trinajstić information content (AvgIpc) is 3.52. The molecule has 286 valence electrons. The van der Waals surface area contributed by atoms with Crippen LogP contribution in [-0.2, 0) is 28.7 Å². The Morgan fingerprint density at radius 1 is 0.922 bits per heavy atom. The number of likely N-dealkylation sites (tertiary alicyclic amines) is 1. The number of hydrogen-bond donors (Lipinski definition) is 1. The lowest BCUT2D eigenvalue weighted by atomic mass is 9.33. The first-order chi connectivity index (χ1) is 23.6. The summed E-state index contributed by atoms with van der Waals surface area (Å²) in [5, 5.41) is 11.1. The van der Waals surface area contributed by atoms with Crippen molar-refractivity contribution in [3.8, 4) is 0 Å². The largest absolute Gasteiger partial charge is 0.481 e. The zero-order chi connectivity index (χ0) is 37.6. The Bertz CT molecular complexity index is 1490. The molecule has 1 aliphatic heterocycles. The molecule has 1 heterocycles. The van der Waals surface area contributed by atoms with Crippen LogP contribution in [0.1, 0.15) is 113 Å². The highest BCUT2D eigenvalue weighted by Crippen LogP contribution is 2.75. The Hall–Kier alpha value is -2.00. The van der Waals surface area contributed by atoms with E-state index >= 15 is 0 Å². The Morgan fingerprint density at radius 2 is 1.61 bits per heavy atom. The third-order valence-corrected chi connectivity index (χ3v) is 18.2. The summed E-state index contributed by atoms with van der Waals surface area (Å²) in [6, 6.07) is 0.763. The lowest BCUT2D eigenvalue weighted by molar-refractivity contribution is -0.208. The quantitative estimate of drug-likeness (QED) is 0.197. The molecule has 51 heavy (non-hydrogen) atoms. The molecule has 1 N–H and O–H groups in total. The van der Waals surface area contributed by atoms with Crippen molar-refractivity contribution < 1.29 is 33.8 Å². The predicted octanol–water partition coefficient (Wildman–Crippen LogP) is 8.17. The van der Waals surface area contributed by atoms with Crippen LogP contribution in [0.25, 0.3) is 0 Å². The number of carboxylic acids is 1. The van der Waals surface area contributed by atoms with E-state index in [2.05, 4.69) is 59.2 Å². The van der Waals surface area contributed by atoms with E-state index in [0.29, 0.717) is 45.6 Å². The Labute approximate surface area is 308 Å². The lowest BCUT2D eigenvalue weighted by Crippen LogP contribution is -2.69. The van der Waals surface area contributed by atoms with E-state index in [4.69, 9.17) is 9.47 Å². The van der Waals surface area contributed by atoms with Crippen molar-refractivity contribution in [2.75, 3.05) is 26.3 Å². The Balaban J connectivity index is 1.31. The van der Waals surface area contributed by atoms with Crippen molar-refractivity contribution in [2.45, 2.75) is 144 Å². The molecule has 0 spiro atoms. The first-order valence-corrected chi connectivity index (χ1v) is 23.9. The van der Waals surface area contributed by atoms with E-state index in [1.165, 1.54) is 5.57 Å². The maximum atomic E-state index is 14.9. The second-order valence-corrected chi connectivity index (χ2v) is 26.2. The summed E-state index contributed by atoms with van der Waals surface area (Å²) >= 11 is 0. The second-order valence-electron chi connectivity index (χ2n) is 20.6. The maximum absolute atomic E-state index is 14.9. The van der Waals surface area contributed by atoms with E-state index in [1.54, 1.807) is 0 Å². The molecular weight excluding hydrogens is 659 g/mol. The van der Waals surface area contributed by atoms with Gasteiger partial charge >= 0.3 is 17.9 Å². The molecule has 0 aromatic carbocycles. The van der Waals surface area contributed by atoms with Gasteiger partial charge in [-0.2, -0.15) is 0 Å². The van der Waals surface area contributed by atoms with Crippen LogP contribution in [0.3, 0.4) is 0 Å². The predicted molar refractivity (Wildman–Crippen MR) is 201 cm³/mol. The standard InChI is InChI=1S/C42H67NO7Si/c1-11-49-34(45)27-14-21-43(26-27)32-13-15-39(4)31(42(32,7)35(46)47)12-16-41(6)33(39)30(44)24-28-29-25-38(3,36(48)50-22-23-51(8,9)10)18-17-37(29,2)19-20-40(28,41)5/h24,27,29,31-33H,11-23,25-26H2,1-10H3,(H,46,47)/t27-,29+,31?,32+,33-,37-,38+,39+,40-,41-,42+/m1/s1. The van der Waals surface area contributed by atoms with Crippen molar-refractivity contribution in [1.82, 2.24) is 4.90 Å². The highest BCUT2D eigenvalue weighted by atomic mass is 28.3. The van der Waals surface area contributed by atoms with Crippen LogP contribution < -0.4 is 0 Å². The fourth-order valence-corrected chi connectivity index (χ4v) is 13.8. The maximum Gasteiger partial charge on any atom is 0.311 e. The van der Waals surface area contributed by atoms with Gasteiger partial charge in [0.1, 0.15) is 0 Å². The lowest BCUT2D eigenvalue weighted by Gasteiger charge is -2.70. The van der Waals surface area contributed by atoms with Crippen LogP contribution in [-0.4, -0.2) is 74.1 Å². The molecule has 1 saturated heterocycles. The number of ketones is 1. The summed E-state index contributed by atoms with van der Waals surface area (Å²) in [5.41, 5.74) is -1.35. The fourth-order valence-electron chi connectivity index (χ4n) is 13.0. The molecule has 0 bridgehead atoms. The summed E-state index contributed by atoms with van der Waals surface area (Å²) in [7, 11) is -1.33. The van der Waals surface area contributed by atoms with Crippen LogP contribution >= 0.6 is 0 Å². The van der Waals surface area contributed by atoms with Gasteiger partial charge in [0.15, 0.2) is 5.78 Å². The van der Waals surface area contributed by atoms with Gasteiger partial charge < -0.3 is 14.6 Å². The summed E-state index contributed by atoms with van der Waals surface area (Å²) in [6.07, 6.45) is 10.3. The topological polar surface area (TPSA) is 110 Å². The SMILES string of the molecule is CCOC(=O)[C@@H]1CCN([C@H]2CC[C@@]3(C)C(CC[C@]4(C)[C@@H]3C(=O)C=C3[C@@H]5C[C@@](C)(C(=O)OCC[Si](C)(C)C)CC[C@]5(C)CC[C@]34C)[C@]2(C)C(=O)O)C1. The van der Waals surface area contributed by atoms with Gasteiger partial charge in [-0.25, -0.2) is 0 Å². The van der Waals surface area contributed by atoms with Crippen molar-refractivity contribution in [3.63, 3.8) is 0 Å². The summed E-state index contributed by atoms with van der Waals surface area (Å²) in [5.74, 6) is -1.41. The number of allylic oxidation sites excluding steroid dienone is 2. The van der Waals surface area contributed by atoms with E-state index in [0.717, 1.165) is 51.0 Å². The number of carboxylic acid groups (broad SMARTS) is 1. The van der Waals surface area contributed by atoms with Crippen LogP contribution in [0.2, 0.25) is 25.7 Å². The number of fused-ring (bicyclic) bond motifs is 7. The van der Waals surface area contributed by atoms with E-state index in [9.17, 15) is 24.3 Å². The molecule has 1 unspecified atom stereocenters. The first-order valence-electron chi connectivity index (χ1n) is 20.2. The normalized spacial score (nSPS) is 45.4. The van der Waals surface area contributed by atoms with Gasteiger partial charge in [-0.15, -0.1) is 0 Å². The molecule has 5 aliphatic carbocycles. The fraction of sp³-hybridized carbons (Fsp3) is 0.857. The van der Waals surface area contributed by atoms with Crippen LogP contribution in [0.5, 0.6) is 0 Å². The number of carbonyl (C=O) groups excluding carboxylic acids is 3. The number of hydrogen-bond acceptors (Lipinski definition) is 7. The molecule has 6 aliphatic rings. The zero-order valence-corrected chi connectivity index (χ0v) is 34.4. The number of carbonyl (C=O) groups is 4. The van der Waals surface area contributed by atoms with E-state index in [-0.39, 0.29) is 63.7 Å². The van der Waals surface area contributed by atoms with Gasteiger partial charge in [0.2, 0.25) is 0 Å². The van der Waals surface area contributed by atoms with Crippen LogP contribution in [0.4, 0.5) is 0 Å².